The highest BCUT2D eigenvalue weighted by Crippen LogP contribution is 2.38. The molecule has 0 aliphatic carbocycles. The van der Waals surface area contributed by atoms with E-state index in [0.717, 1.165) is 53.2 Å². The van der Waals surface area contributed by atoms with Crippen LogP contribution in [0.5, 0.6) is 5.75 Å². The summed E-state index contributed by atoms with van der Waals surface area (Å²) >= 11 is 5.91. The summed E-state index contributed by atoms with van der Waals surface area (Å²) in [5, 5.41) is 18.3. The molecule has 1 unspecified atom stereocenters. The molecule has 4 rings (SSSR count). The molecule has 0 amide bonds. The lowest BCUT2D eigenvalue weighted by atomic mass is 10.1. The highest BCUT2D eigenvalue weighted by atomic mass is 35.5. The zero-order chi connectivity index (χ0) is 29.5. The van der Waals surface area contributed by atoms with Crippen LogP contribution in [-0.2, 0) is 7.05 Å². The van der Waals surface area contributed by atoms with Gasteiger partial charge in [0, 0.05) is 81.0 Å². The maximum Gasteiger partial charge on any atom is 0.227 e. The minimum absolute atomic E-state index is 0.343. The van der Waals surface area contributed by atoms with E-state index in [1.807, 2.05) is 44.4 Å². The van der Waals surface area contributed by atoms with Gasteiger partial charge in [-0.2, -0.15) is 0 Å². The van der Waals surface area contributed by atoms with E-state index in [4.69, 9.17) is 21.3 Å². The van der Waals surface area contributed by atoms with E-state index in [2.05, 4.69) is 69.2 Å². The number of aliphatic hydroxyl groups excluding tert-OH is 1. The Morgan fingerprint density at radius 3 is 2.61 bits per heavy atom. The van der Waals surface area contributed by atoms with Crippen molar-refractivity contribution in [2.45, 2.75) is 26.5 Å². The van der Waals surface area contributed by atoms with Gasteiger partial charge in [0.1, 0.15) is 12.0 Å². The molecule has 0 bridgehead atoms. The Bertz CT molecular complexity index is 1440. The van der Waals surface area contributed by atoms with Gasteiger partial charge < -0.3 is 34.8 Å². The van der Waals surface area contributed by atoms with Gasteiger partial charge in [0.05, 0.1) is 29.9 Å². The van der Waals surface area contributed by atoms with Crippen molar-refractivity contribution in [2.75, 3.05) is 62.3 Å². The number of likely N-dealkylation sites (N-methyl/N-ethyl adjacent to an activating group) is 2. The van der Waals surface area contributed by atoms with Gasteiger partial charge in [-0.1, -0.05) is 32.0 Å². The summed E-state index contributed by atoms with van der Waals surface area (Å²) in [6.45, 7) is 7.17. The highest BCUT2D eigenvalue weighted by Gasteiger charge is 2.18. The molecule has 3 N–H and O–H groups in total. The van der Waals surface area contributed by atoms with Crippen molar-refractivity contribution in [1.29, 1.82) is 0 Å². The molecule has 9 nitrogen and oxygen atoms in total. The Morgan fingerprint density at radius 1 is 1.10 bits per heavy atom. The van der Waals surface area contributed by atoms with Gasteiger partial charge in [-0.25, -0.2) is 9.97 Å². The smallest absolute Gasteiger partial charge is 0.227 e. The number of alkyl halides is 1. The van der Waals surface area contributed by atoms with Gasteiger partial charge >= 0.3 is 0 Å². The molecule has 0 radical (unpaired) electrons. The number of fused-ring (bicyclic) bond motifs is 1. The second kappa shape index (κ2) is 13.9. The van der Waals surface area contributed by atoms with E-state index in [0.29, 0.717) is 35.6 Å². The molecule has 2 aromatic heterocycles. The summed E-state index contributed by atoms with van der Waals surface area (Å²) in [6.07, 6.45) is 3.45. The van der Waals surface area contributed by atoms with Crippen molar-refractivity contribution < 1.29 is 9.84 Å². The average molecular weight is 580 g/mol. The summed E-state index contributed by atoms with van der Waals surface area (Å²) in [7, 11) is 7.85. The molecule has 0 aliphatic heterocycles. The molecular weight excluding hydrogens is 538 g/mol. The number of methoxy groups -OCH3 is 1. The fraction of sp³-hybridized carbons (Fsp3) is 0.419. The molecule has 0 fully saturated rings. The van der Waals surface area contributed by atoms with Crippen LogP contribution in [0.25, 0.3) is 22.2 Å². The van der Waals surface area contributed by atoms with Crippen LogP contribution in [0.2, 0.25) is 0 Å². The number of hydrogen-bond donors (Lipinski definition) is 3. The first-order chi connectivity index (χ1) is 19.7. The van der Waals surface area contributed by atoms with Gasteiger partial charge in [0.15, 0.2) is 0 Å². The maximum atomic E-state index is 10.6. The number of ether oxygens (including phenoxy) is 1. The summed E-state index contributed by atoms with van der Waals surface area (Å²) in [4.78, 5) is 13.8. The first kappa shape index (κ1) is 30.4. The molecule has 0 aliphatic rings. The Hall–Kier alpha value is -3.53. The number of rotatable bonds is 14. The molecule has 0 spiro atoms. The summed E-state index contributed by atoms with van der Waals surface area (Å²) < 4.78 is 7.90. The Balaban J connectivity index is 1.65. The van der Waals surface area contributed by atoms with Gasteiger partial charge in [-0.15, -0.1) is 11.6 Å². The number of anilines is 4. The predicted octanol–water partition coefficient (Wildman–Crippen LogP) is 5.77. The summed E-state index contributed by atoms with van der Waals surface area (Å²) in [5.74, 6) is 2.02. The molecule has 220 valence electrons. The molecule has 1 atom stereocenters. The van der Waals surface area contributed by atoms with E-state index >= 15 is 0 Å². The van der Waals surface area contributed by atoms with Crippen LogP contribution in [0.4, 0.5) is 23.0 Å². The van der Waals surface area contributed by atoms with Gasteiger partial charge in [0.2, 0.25) is 5.95 Å². The number of nitrogens with zero attached hydrogens (tertiary/aromatic N) is 5. The number of hydrogen-bond acceptors (Lipinski definition) is 8. The largest absolute Gasteiger partial charge is 0.494 e. The second-order valence-electron chi connectivity index (χ2n) is 10.8. The lowest BCUT2D eigenvalue weighted by Gasteiger charge is -2.28. The molecule has 0 saturated carbocycles. The first-order valence-electron chi connectivity index (χ1n) is 14.0. The van der Waals surface area contributed by atoms with E-state index in [1.165, 1.54) is 0 Å². The van der Waals surface area contributed by atoms with Crippen molar-refractivity contribution in [2.24, 2.45) is 13.0 Å². The normalized spacial score (nSPS) is 12.2. The third-order valence-corrected chi connectivity index (χ3v) is 7.22. The van der Waals surface area contributed by atoms with Gasteiger partial charge in [-0.05, 0) is 31.2 Å². The molecule has 0 saturated heterocycles. The Labute approximate surface area is 248 Å². The molecule has 2 aromatic carbocycles. The lowest BCUT2D eigenvalue weighted by Crippen LogP contribution is -2.33. The topological polar surface area (TPSA) is 90.7 Å². The summed E-state index contributed by atoms with van der Waals surface area (Å²) in [5.41, 5.74) is 5.33. The van der Waals surface area contributed by atoms with Crippen LogP contribution >= 0.6 is 11.6 Å². The standard InChI is InChI=1S/C31H42ClN7O2/c1-21(2)19-37(3)15-16-38(4)28-18-29(41-6)26(17-25(28)34-30(40)11-13-32)36-31-33-14-12-24(35-31)23-20-39(5)27-10-8-7-9-22(23)27/h7-10,12,14,17-18,20-21,30,34,40H,11,13,15-16,19H2,1-6H3,(H,33,35,36). The second-order valence-corrected chi connectivity index (χ2v) is 11.2. The van der Waals surface area contributed by atoms with Crippen LogP contribution < -0.4 is 20.3 Å². The molecule has 4 aromatic rings. The van der Waals surface area contributed by atoms with Crippen LogP contribution in [0.15, 0.2) is 54.9 Å². The van der Waals surface area contributed by atoms with Crippen molar-refractivity contribution in [1.82, 2.24) is 19.4 Å². The molecular formula is C31H42ClN7O2. The number of aliphatic hydroxyl groups is 1. The Morgan fingerprint density at radius 2 is 1.88 bits per heavy atom. The zero-order valence-electron chi connectivity index (χ0n) is 24.9. The fourth-order valence-electron chi connectivity index (χ4n) is 5.01. The summed E-state index contributed by atoms with van der Waals surface area (Å²) in [6, 6.07) is 14.1. The highest BCUT2D eigenvalue weighted by molar-refractivity contribution is 6.17. The van der Waals surface area contributed by atoms with Crippen LogP contribution in [-0.4, -0.2) is 77.5 Å². The van der Waals surface area contributed by atoms with Crippen LogP contribution in [0.3, 0.4) is 0 Å². The number of nitrogens with one attached hydrogen (secondary N) is 2. The molecule has 2 heterocycles. The average Bonchev–Trinajstić information content (AvgIpc) is 3.28. The van der Waals surface area contributed by atoms with E-state index in [1.54, 1.807) is 13.3 Å². The number of aryl methyl sites for hydroxylation is 1. The minimum Gasteiger partial charge on any atom is -0.494 e. The van der Waals surface area contributed by atoms with Crippen LogP contribution in [0, 0.1) is 5.92 Å². The van der Waals surface area contributed by atoms with Crippen molar-refractivity contribution in [3.8, 4) is 17.0 Å². The SMILES string of the molecule is COc1cc(N(C)CCN(C)CC(C)C)c(NC(O)CCCl)cc1Nc1nccc(-c2cn(C)c3ccccc23)n1. The van der Waals surface area contributed by atoms with Crippen LogP contribution in [0.1, 0.15) is 20.3 Å². The quantitative estimate of drug-likeness (QED) is 0.128. The maximum absolute atomic E-state index is 10.6. The number of benzene rings is 2. The Kier molecular flexibility index (Phi) is 10.3. The zero-order valence-corrected chi connectivity index (χ0v) is 25.6. The van der Waals surface area contributed by atoms with E-state index in [9.17, 15) is 5.11 Å². The monoisotopic (exact) mass is 579 g/mol. The number of halogens is 1. The van der Waals surface area contributed by atoms with E-state index < -0.39 is 6.23 Å². The van der Waals surface area contributed by atoms with Gasteiger partial charge in [0.25, 0.3) is 0 Å². The molecule has 10 heteroatoms. The van der Waals surface area contributed by atoms with Crippen molar-refractivity contribution >= 4 is 45.5 Å². The lowest BCUT2D eigenvalue weighted by molar-refractivity contribution is 0.200. The fourth-order valence-corrected chi connectivity index (χ4v) is 5.22. The first-order valence-corrected chi connectivity index (χ1v) is 14.5. The number of aromatic nitrogens is 3. The van der Waals surface area contributed by atoms with E-state index in [-0.39, 0.29) is 0 Å². The molecule has 41 heavy (non-hydrogen) atoms. The van der Waals surface area contributed by atoms with Crippen molar-refractivity contribution in [3.63, 3.8) is 0 Å². The third kappa shape index (κ3) is 7.61. The third-order valence-electron chi connectivity index (χ3n) is 7.00. The van der Waals surface area contributed by atoms with Gasteiger partial charge in [-0.3, -0.25) is 0 Å². The number of para-hydroxylation sites is 1. The minimum atomic E-state index is -0.796. The van der Waals surface area contributed by atoms with Crippen molar-refractivity contribution in [3.05, 3.63) is 54.9 Å². The predicted molar refractivity (Wildman–Crippen MR) is 171 cm³/mol.